The van der Waals surface area contributed by atoms with E-state index in [2.05, 4.69) is 13.8 Å². The molecular weight excluding hydrogens is 192 g/mol. The Kier molecular flexibility index (Phi) is 2.43. The molecule has 3 aliphatic carbocycles. The maximum Gasteiger partial charge on any atom is -0.0246 e. The first-order valence-electron chi connectivity index (χ1n) is 7.58. The summed E-state index contributed by atoms with van der Waals surface area (Å²) >= 11 is 0. The molecule has 16 heavy (non-hydrogen) atoms. The fraction of sp³-hybridized carbons (Fsp3) is 1.00. The Bertz CT molecular complexity index is 262. The van der Waals surface area contributed by atoms with Crippen LogP contribution >= 0.6 is 0 Å². The predicted molar refractivity (Wildman–Crippen MR) is 69.4 cm³/mol. The van der Waals surface area contributed by atoms with Crippen LogP contribution in [0.25, 0.3) is 0 Å². The minimum Gasteiger partial charge on any atom is -0.0594 e. The third kappa shape index (κ3) is 1.48. The van der Waals surface area contributed by atoms with Gasteiger partial charge in [0.1, 0.15) is 0 Å². The molecule has 0 aromatic rings. The highest BCUT2D eigenvalue weighted by Crippen LogP contribution is 2.65. The molecule has 0 N–H and O–H groups in total. The fourth-order valence-electron chi connectivity index (χ4n) is 5.59. The largest absolute Gasteiger partial charge is 0.0594 e. The first kappa shape index (κ1) is 11.1. The second-order valence-corrected chi connectivity index (χ2v) is 7.76. The van der Waals surface area contributed by atoms with Crippen molar-refractivity contribution < 1.29 is 0 Å². The van der Waals surface area contributed by atoms with Gasteiger partial charge in [0.25, 0.3) is 0 Å². The van der Waals surface area contributed by atoms with Crippen molar-refractivity contribution in [3.8, 4) is 0 Å². The zero-order chi connectivity index (χ0) is 11.3. The lowest BCUT2D eigenvalue weighted by molar-refractivity contribution is -0.0465. The molecule has 0 aromatic carbocycles. The fourth-order valence-corrected chi connectivity index (χ4v) is 5.59. The Hall–Kier alpha value is 0. The summed E-state index contributed by atoms with van der Waals surface area (Å²) in [5.41, 5.74) is 2.17. The van der Waals surface area contributed by atoms with Crippen LogP contribution < -0.4 is 0 Å². The van der Waals surface area contributed by atoms with E-state index in [0.29, 0.717) is 5.41 Å². The van der Waals surface area contributed by atoms with Crippen LogP contribution in [0.4, 0.5) is 0 Å². The van der Waals surface area contributed by atoms with Crippen LogP contribution in [0, 0.1) is 16.2 Å². The SMILES string of the molecule is CC1(C)CC2(CCCC2)CCC12CCCC2. The Morgan fingerprint density at radius 3 is 1.75 bits per heavy atom. The van der Waals surface area contributed by atoms with E-state index in [4.69, 9.17) is 0 Å². The molecule has 0 radical (unpaired) electrons. The predicted octanol–water partition coefficient (Wildman–Crippen LogP) is 5.32. The van der Waals surface area contributed by atoms with E-state index in [1.165, 1.54) is 38.5 Å². The van der Waals surface area contributed by atoms with E-state index < -0.39 is 0 Å². The van der Waals surface area contributed by atoms with Crippen LogP contribution in [-0.4, -0.2) is 0 Å². The first-order valence-corrected chi connectivity index (χ1v) is 7.58. The summed E-state index contributed by atoms with van der Waals surface area (Å²) in [7, 11) is 0. The lowest BCUT2D eigenvalue weighted by Gasteiger charge is -2.55. The molecule has 2 spiro atoms. The second-order valence-electron chi connectivity index (χ2n) is 7.76. The van der Waals surface area contributed by atoms with E-state index >= 15 is 0 Å². The van der Waals surface area contributed by atoms with Gasteiger partial charge in [-0.1, -0.05) is 39.5 Å². The molecule has 0 atom stereocenters. The monoisotopic (exact) mass is 220 g/mol. The van der Waals surface area contributed by atoms with Crippen LogP contribution in [0.5, 0.6) is 0 Å². The summed E-state index contributed by atoms with van der Waals surface area (Å²) in [6.07, 6.45) is 16.9. The van der Waals surface area contributed by atoms with E-state index in [1.54, 1.807) is 32.1 Å². The standard InChI is InChI=1S/C16H28/c1-14(2)13-15(7-3-4-8-15)11-12-16(14)9-5-6-10-16/h3-13H2,1-2H3. The molecule has 0 heteroatoms. The van der Waals surface area contributed by atoms with Gasteiger partial charge in [0.2, 0.25) is 0 Å². The number of hydrogen-bond donors (Lipinski definition) is 0. The second kappa shape index (κ2) is 3.50. The molecule has 0 heterocycles. The smallest absolute Gasteiger partial charge is 0.0246 e. The van der Waals surface area contributed by atoms with Gasteiger partial charge in [-0.25, -0.2) is 0 Å². The Labute approximate surface area is 101 Å². The molecule has 3 fully saturated rings. The van der Waals surface area contributed by atoms with Crippen molar-refractivity contribution in [2.24, 2.45) is 16.2 Å². The summed E-state index contributed by atoms with van der Waals surface area (Å²) in [6.45, 7) is 5.19. The molecule has 92 valence electrons. The maximum absolute atomic E-state index is 2.59. The normalized spacial score (nSPS) is 34.9. The Balaban J connectivity index is 1.83. The molecule has 0 bridgehead atoms. The minimum atomic E-state index is 0.631. The average molecular weight is 220 g/mol. The zero-order valence-corrected chi connectivity index (χ0v) is 11.3. The van der Waals surface area contributed by atoms with E-state index in [1.807, 2.05) is 0 Å². The minimum absolute atomic E-state index is 0.631. The van der Waals surface area contributed by atoms with Gasteiger partial charge in [-0.05, 0) is 61.2 Å². The molecule has 3 saturated carbocycles. The van der Waals surface area contributed by atoms with Crippen LogP contribution in [0.2, 0.25) is 0 Å². The van der Waals surface area contributed by atoms with Gasteiger partial charge in [-0.15, -0.1) is 0 Å². The molecule has 3 rings (SSSR count). The van der Waals surface area contributed by atoms with Gasteiger partial charge >= 0.3 is 0 Å². The third-order valence-electron chi connectivity index (χ3n) is 6.61. The van der Waals surface area contributed by atoms with Crippen LogP contribution in [0.15, 0.2) is 0 Å². The molecule has 0 aliphatic heterocycles. The van der Waals surface area contributed by atoms with Gasteiger partial charge < -0.3 is 0 Å². The number of hydrogen-bond acceptors (Lipinski definition) is 0. The van der Waals surface area contributed by atoms with Gasteiger partial charge in [0, 0.05) is 0 Å². The molecule has 0 aromatic heterocycles. The van der Waals surface area contributed by atoms with Crippen molar-refractivity contribution in [3.05, 3.63) is 0 Å². The first-order chi connectivity index (χ1) is 7.58. The van der Waals surface area contributed by atoms with Gasteiger partial charge in [-0.2, -0.15) is 0 Å². The van der Waals surface area contributed by atoms with Gasteiger partial charge in [0.15, 0.2) is 0 Å². The third-order valence-corrected chi connectivity index (χ3v) is 6.61. The molecule has 0 nitrogen and oxygen atoms in total. The van der Waals surface area contributed by atoms with Crippen LogP contribution in [0.1, 0.15) is 84.5 Å². The maximum atomic E-state index is 2.59. The van der Waals surface area contributed by atoms with Crippen LogP contribution in [0.3, 0.4) is 0 Å². The van der Waals surface area contributed by atoms with Crippen molar-refractivity contribution >= 4 is 0 Å². The zero-order valence-electron chi connectivity index (χ0n) is 11.3. The lowest BCUT2D eigenvalue weighted by atomic mass is 9.50. The highest BCUT2D eigenvalue weighted by Gasteiger charge is 2.54. The molecule has 0 unspecified atom stereocenters. The van der Waals surface area contributed by atoms with E-state index in [-0.39, 0.29) is 0 Å². The highest BCUT2D eigenvalue weighted by atomic mass is 14.6. The van der Waals surface area contributed by atoms with E-state index in [0.717, 1.165) is 10.8 Å². The summed E-state index contributed by atoms with van der Waals surface area (Å²) < 4.78 is 0. The summed E-state index contributed by atoms with van der Waals surface area (Å²) in [6, 6.07) is 0. The van der Waals surface area contributed by atoms with Crippen molar-refractivity contribution in [2.75, 3.05) is 0 Å². The Morgan fingerprint density at radius 2 is 1.19 bits per heavy atom. The van der Waals surface area contributed by atoms with Crippen LogP contribution in [-0.2, 0) is 0 Å². The average Bonchev–Trinajstić information content (AvgIpc) is 2.82. The lowest BCUT2D eigenvalue weighted by Crippen LogP contribution is -2.45. The van der Waals surface area contributed by atoms with Crippen molar-refractivity contribution in [1.82, 2.24) is 0 Å². The van der Waals surface area contributed by atoms with Crippen molar-refractivity contribution in [1.29, 1.82) is 0 Å². The van der Waals surface area contributed by atoms with Crippen molar-refractivity contribution in [3.63, 3.8) is 0 Å². The highest BCUT2D eigenvalue weighted by molar-refractivity contribution is 5.05. The van der Waals surface area contributed by atoms with E-state index in [9.17, 15) is 0 Å². The van der Waals surface area contributed by atoms with Crippen molar-refractivity contribution in [2.45, 2.75) is 84.5 Å². The molecule has 0 saturated heterocycles. The summed E-state index contributed by atoms with van der Waals surface area (Å²) in [4.78, 5) is 0. The number of rotatable bonds is 0. The summed E-state index contributed by atoms with van der Waals surface area (Å²) in [5, 5.41) is 0. The topological polar surface area (TPSA) is 0 Å². The quantitative estimate of drug-likeness (QED) is 0.518. The molecule has 3 aliphatic rings. The molecular formula is C16H28. The molecule has 0 amide bonds. The Morgan fingerprint density at radius 1 is 0.625 bits per heavy atom. The van der Waals surface area contributed by atoms with Gasteiger partial charge in [-0.3, -0.25) is 0 Å². The van der Waals surface area contributed by atoms with Gasteiger partial charge in [0.05, 0.1) is 0 Å². The summed E-state index contributed by atoms with van der Waals surface area (Å²) in [5.74, 6) is 0.